The average Bonchev–Trinajstić information content (AvgIpc) is 2.55. The smallest absolute Gasteiger partial charge is 0.221 e. The second-order valence-corrected chi connectivity index (χ2v) is 6.11. The van der Waals surface area contributed by atoms with Gasteiger partial charge in [0.25, 0.3) is 0 Å². The van der Waals surface area contributed by atoms with Crippen LogP contribution in [0.25, 0.3) is 0 Å². The Balaban J connectivity index is 2.33. The van der Waals surface area contributed by atoms with Gasteiger partial charge in [-0.25, -0.2) is 0 Å². The highest BCUT2D eigenvalue weighted by atomic mass is 16.3. The van der Waals surface area contributed by atoms with E-state index in [0.29, 0.717) is 6.42 Å². The van der Waals surface area contributed by atoms with Crippen LogP contribution < -0.4 is 5.32 Å². The van der Waals surface area contributed by atoms with Crippen molar-refractivity contribution in [1.29, 1.82) is 0 Å². The molecule has 0 bridgehead atoms. The van der Waals surface area contributed by atoms with E-state index in [1.807, 2.05) is 63.2 Å². The van der Waals surface area contributed by atoms with Crippen LogP contribution in [0.3, 0.4) is 0 Å². The third kappa shape index (κ3) is 4.59. The maximum Gasteiger partial charge on any atom is 0.221 e. The van der Waals surface area contributed by atoms with Crippen molar-refractivity contribution in [2.75, 3.05) is 0 Å². The number of aromatic hydroxyl groups is 1. The molecule has 0 heterocycles. The van der Waals surface area contributed by atoms with Gasteiger partial charge >= 0.3 is 0 Å². The molecule has 1 amide bonds. The molecule has 2 aromatic carbocycles. The summed E-state index contributed by atoms with van der Waals surface area (Å²) in [5.41, 5.74) is 2.91. The van der Waals surface area contributed by atoms with Gasteiger partial charge in [0, 0.05) is 23.9 Å². The van der Waals surface area contributed by atoms with Crippen LogP contribution in [0.15, 0.2) is 48.5 Å². The average molecular weight is 311 g/mol. The predicted octanol–water partition coefficient (Wildman–Crippen LogP) is 4.14. The molecule has 0 spiro atoms. The Kier molecular flexibility index (Phi) is 5.80. The molecular formula is C20H25NO2. The molecule has 0 aliphatic rings. The normalized spacial score (nSPS) is 13.3. The lowest BCUT2D eigenvalue weighted by Gasteiger charge is -2.21. The molecule has 3 heteroatoms. The van der Waals surface area contributed by atoms with Crippen LogP contribution in [0, 0.1) is 6.92 Å². The number of carbonyl (C=O) groups excluding carboxylic acids is 1. The van der Waals surface area contributed by atoms with Gasteiger partial charge in [0.2, 0.25) is 5.91 Å². The van der Waals surface area contributed by atoms with Crippen molar-refractivity contribution in [2.24, 2.45) is 0 Å². The van der Waals surface area contributed by atoms with Crippen LogP contribution in [0.1, 0.15) is 49.3 Å². The van der Waals surface area contributed by atoms with Crippen LogP contribution in [0.2, 0.25) is 0 Å². The predicted molar refractivity (Wildman–Crippen MR) is 93.6 cm³/mol. The summed E-state index contributed by atoms with van der Waals surface area (Å²) in [4.78, 5) is 12.4. The molecule has 122 valence electrons. The quantitative estimate of drug-likeness (QED) is 0.842. The van der Waals surface area contributed by atoms with Gasteiger partial charge < -0.3 is 10.4 Å². The lowest BCUT2D eigenvalue weighted by Crippen LogP contribution is -2.33. The highest BCUT2D eigenvalue weighted by molar-refractivity contribution is 5.78. The Morgan fingerprint density at radius 1 is 1.17 bits per heavy atom. The zero-order valence-corrected chi connectivity index (χ0v) is 14.0. The van der Waals surface area contributed by atoms with Crippen LogP contribution in [0.5, 0.6) is 5.75 Å². The molecule has 0 saturated heterocycles. The number of phenolic OH excluding ortho intramolecular Hbond substituents is 1. The zero-order chi connectivity index (χ0) is 16.8. The Morgan fingerprint density at radius 2 is 1.87 bits per heavy atom. The highest BCUT2D eigenvalue weighted by Gasteiger charge is 2.21. The van der Waals surface area contributed by atoms with Crippen molar-refractivity contribution in [2.45, 2.75) is 45.6 Å². The molecule has 3 nitrogen and oxygen atoms in total. The summed E-state index contributed by atoms with van der Waals surface area (Å²) in [7, 11) is 0. The Hall–Kier alpha value is -2.29. The highest BCUT2D eigenvalue weighted by Crippen LogP contribution is 2.34. The molecule has 2 atom stereocenters. The van der Waals surface area contributed by atoms with Crippen molar-refractivity contribution >= 4 is 5.91 Å². The number of rotatable bonds is 6. The molecule has 2 N–H and O–H groups in total. The maximum absolute atomic E-state index is 12.4. The third-order valence-electron chi connectivity index (χ3n) is 4.17. The lowest BCUT2D eigenvalue weighted by atomic mass is 9.87. The standard InChI is InChI=1S/C20H25NO2/c1-4-15(3)21-20(23)13-17(16-8-6-5-7-9-16)18-12-14(2)10-11-19(18)22/h5-12,15,17,22H,4,13H2,1-3H3,(H,21,23)/t15-,17-/m1/s1. The number of phenols is 1. The molecule has 0 fully saturated rings. The van der Waals surface area contributed by atoms with Crippen molar-refractivity contribution in [3.63, 3.8) is 0 Å². The van der Waals surface area contributed by atoms with E-state index in [2.05, 4.69) is 5.32 Å². The fraction of sp³-hybridized carbons (Fsp3) is 0.350. The van der Waals surface area contributed by atoms with E-state index >= 15 is 0 Å². The minimum absolute atomic E-state index is 0.00843. The summed E-state index contributed by atoms with van der Waals surface area (Å²) in [6, 6.07) is 15.6. The van der Waals surface area contributed by atoms with Crippen molar-refractivity contribution in [1.82, 2.24) is 5.32 Å². The number of benzene rings is 2. The van der Waals surface area contributed by atoms with Crippen LogP contribution >= 0.6 is 0 Å². The molecule has 0 aliphatic carbocycles. The summed E-state index contributed by atoms with van der Waals surface area (Å²) >= 11 is 0. The SMILES string of the molecule is CC[C@@H](C)NC(=O)C[C@H](c1ccccc1)c1cc(C)ccc1O. The number of carbonyl (C=O) groups is 1. The molecule has 0 aromatic heterocycles. The molecule has 0 radical (unpaired) electrons. The molecular weight excluding hydrogens is 286 g/mol. The first kappa shape index (κ1) is 17.1. The molecule has 2 rings (SSSR count). The number of hydrogen-bond donors (Lipinski definition) is 2. The molecule has 0 aliphatic heterocycles. The van der Waals surface area contributed by atoms with Gasteiger partial charge in [-0.15, -0.1) is 0 Å². The van der Waals surface area contributed by atoms with Gasteiger partial charge in [-0.3, -0.25) is 4.79 Å². The minimum Gasteiger partial charge on any atom is -0.508 e. The van der Waals surface area contributed by atoms with Gasteiger partial charge in [-0.05, 0) is 31.9 Å². The minimum atomic E-state index is -0.153. The second kappa shape index (κ2) is 7.82. The van der Waals surface area contributed by atoms with Crippen molar-refractivity contribution in [3.05, 3.63) is 65.2 Å². The summed E-state index contributed by atoms with van der Waals surface area (Å²) in [6.07, 6.45) is 1.23. The third-order valence-corrected chi connectivity index (χ3v) is 4.17. The zero-order valence-electron chi connectivity index (χ0n) is 14.0. The van der Waals surface area contributed by atoms with E-state index in [0.717, 1.165) is 23.1 Å². The van der Waals surface area contributed by atoms with E-state index < -0.39 is 0 Å². The van der Waals surface area contributed by atoms with E-state index in [9.17, 15) is 9.90 Å². The maximum atomic E-state index is 12.4. The van der Waals surface area contributed by atoms with E-state index in [1.54, 1.807) is 6.07 Å². The first-order valence-corrected chi connectivity index (χ1v) is 8.15. The molecule has 23 heavy (non-hydrogen) atoms. The fourth-order valence-electron chi connectivity index (χ4n) is 2.67. The Bertz CT molecular complexity index is 652. The van der Waals surface area contributed by atoms with Gasteiger partial charge in [0.15, 0.2) is 0 Å². The summed E-state index contributed by atoms with van der Waals surface area (Å²) in [6.45, 7) is 6.04. The monoisotopic (exact) mass is 311 g/mol. The van der Waals surface area contributed by atoms with Crippen molar-refractivity contribution in [3.8, 4) is 5.75 Å². The topological polar surface area (TPSA) is 49.3 Å². The number of nitrogens with one attached hydrogen (secondary N) is 1. The number of aryl methyl sites for hydroxylation is 1. The number of amides is 1. The van der Waals surface area contributed by atoms with Gasteiger partial charge in [-0.1, -0.05) is 55.0 Å². The van der Waals surface area contributed by atoms with Gasteiger partial charge in [0.05, 0.1) is 0 Å². The summed E-state index contributed by atoms with van der Waals surface area (Å²) in [5, 5.41) is 13.3. The summed E-state index contributed by atoms with van der Waals surface area (Å²) in [5.74, 6) is 0.0926. The molecule has 0 saturated carbocycles. The first-order chi connectivity index (χ1) is 11.0. The van der Waals surface area contributed by atoms with E-state index in [-0.39, 0.29) is 23.6 Å². The summed E-state index contributed by atoms with van der Waals surface area (Å²) < 4.78 is 0. The van der Waals surface area contributed by atoms with E-state index in [1.165, 1.54) is 0 Å². The molecule has 2 aromatic rings. The van der Waals surface area contributed by atoms with Crippen LogP contribution in [-0.2, 0) is 4.79 Å². The first-order valence-electron chi connectivity index (χ1n) is 8.15. The van der Waals surface area contributed by atoms with Gasteiger partial charge in [0.1, 0.15) is 5.75 Å². The lowest BCUT2D eigenvalue weighted by molar-refractivity contribution is -0.121. The molecule has 0 unspecified atom stereocenters. The van der Waals surface area contributed by atoms with Gasteiger partial charge in [-0.2, -0.15) is 0 Å². The largest absolute Gasteiger partial charge is 0.508 e. The Morgan fingerprint density at radius 3 is 2.52 bits per heavy atom. The Labute approximate surface area is 138 Å². The van der Waals surface area contributed by atoms with Crippen LogP contribution in [-0.4, -0.2) is 17.1 Å². The fourth-order valence-corrected chi connectivity index (χ4v) is 2.67. The van der Waals surface area contributed by atoms with Crippen molar-refractivity contribution < 1.29 is 9.90 Å². The second-order valence-electron chi connectivity index (χ2n) is 6.11. The van der Waals surface area contributed by atoms with Crippen LogP contribution in [0.4, 0.5) is 0 Å². The van der Waals surface area contributed by atoms with E-state index in [4.69, 9.17) is 0 Å². The number of hydrogen-bond acceptors (Lipinski definition) is 2.